The molecule has 0 N–H and O–H groups in total. The maximum Gasteiger partial charge on any atom is 0.340 e. The molecule has 2 heterocycles. The van der Waals surface area contributed by atoms with Gasteiger partial charge in [-0.25, -0.2) is 9.59 Å². The summed E-state index contributed by atoms with van der Waals surface area (Å²) >= 11 is 6.53. The molecule has 0 unspecified atom stereocenters. The van der Waals surface area contributed by atoms with Crippen LogP contribution in [0.4, 0.5) is 0 Å². The molecule has 2 aliphatic rings. The summed E-state index contributed by atoms with van der Waals surface area (Å²) in [7, 11) is 2.89. The first-order valence-corrected chi connectivity index (χ1v) is 12.4. The molecular weight excluding hydrogens is 512 g/mol. The number of rotatable bonds is 8. The molecule has 1 atom stereocenters. The molecule has 198 valence electrons. The highest BCUT2D eigenvalue weighted by Crippen LogP contribution is 2.44. The Morgan fingerprint density at radius 2 is 1.55 bits per heavy atom. The van der Waals surface area contributed by atoms with E-state index in [0.717, 1.165) is 4.90 Å². The van der Waals surface area contributed by atoms with E-state index < -0.39 is 29.7 Å². The van der Waals surface area contributed by atoms with E-state index in [9.17, 15) is 19.2 Å². The molecule has 0 aliphatic carbocycles. The van der Waals surface area contributed by atoms with Gasteiger partial charge in [0, 0.05) is 17.8 Å². The number of allylic oxidation sites excluding steroid dienone is 1. The largest absolute Gasteiger partial charge is 0.477 e. The van der Waals surface area contributed by atoms with Crippen LogP contribution in [-0.4, -0.2) is 67.5 Å². The molecule has 0 radical (unpaired) electrons. The van der Waals surface area contributed by atoms with Crippen molar-refractivity contribution in [3.05, 3.63) is 93.0 Å². The van der Waals surface area contributed by atoms with Crippen LogP contribution in [0.25, 0.3) is 0 Å². The molecule has 0 saturated carbocycles. The van der Waals surface area contributed by atoms with Crippen molar-refractivity contribution >= 4 is 35.4 Å². The second-order valence-corrected chi connectivity index (χ2v) is 9.01. The fraction of sp³-hybridized carbons (Fsp3) is 0.286. The molecule has 0 bridgehead atoms. The Morgan fingerprint density at radius 1 is 0.947 bits per heavy atom. The molecule has 2 aromatic carbocycles. The van der Waals surface area contributed by atoms with E-state index in [0.29, 0.717) is 27.4 Å². The molecule has 4 rings (SSSR count). The topological polar surface area (TPSA) is 102 Å². The van der Waals surface area contributed by atoms with E-state index in [1.54, 1.807) is 74.3 Å². The third kappa shape index (κ3) is 4.65. The number of ether oxygens (including phenoxy) is 3. The molecule has 9 nitrogen and oxygen atoms in total. The summed E-state index contributed by atoms with van der Waals surface area (Å²) in [5.74, 6) is -2.98. The maximum absolute atomic E-state index is 13.4. The first kappa shape index (κ1) is 26.9. The highest BCUT2D eigenvalue weighted by atomic mass is 35.5. The highest BCUT2D eigenvalue weighted by molar-refractivity contribution is 6.31. The number of carbonyl (C=O) groups is 4. The Kier molecular flexibility index (Phi) is 7.87. The normalized spacial score (nSPS) is 17.1. The monoisotopic (exact) mass is 538 g/mol. The summed E-state index contributed by atoms with van der Waals surface area (Å²) in [4.78, 5) is 54.5. The highest BCUT2D eigenvalue weighted by Gasteiger charge is 2.43. The van der Waals surface area contributed by atoms with Gasteiger partial charge in [-0.2, -0.15) is 0 Å². The predicted octanol–water partition coefficient (Wildman–Crippen LogP) is 3.90. The van der Waals surface area contributed by atoms with Crippen molar-refractivity contribution in [2.45, 2.75) is 19.8 Å². The van der Waals surface area contributed by atoms with E-state index >= 15 is 0 Å². The van der Waals surface area contributed by atoms with Crippen LogP contribution >= 0.6 is 11.6 Å². The van der Waals surface area contributed by atoms with E-state index in [2.05, 4.69) is 0 Å². The Balaban J connectivity index is 1.73. The first-order chi connectivity index (χ1) is 18.2. The number of nitrogens with zero attached hydrogens (tertiary/aromatic N) is 2. The molecule has 0 aromatic heterocycles. The van der Waals surface area contributed by atoms with E-state index in [1.165, 1.54) is 7.11 Å². The predicted molar refractivity (Wildman–Crippen MR) is 138 cm³/mol. The van der Waals surface area contributed by atoms with Crippen molar-refractivity contribution in [1.29, 1.82) is 0 Å². The zero-order valence-electron chi connectivity index (χ0n) is 21.4. The fourth-order valence-electron chi connectivity index (χ4n) is 4.65. The number of hydrogen-bond acceptors (Lipinski definition) is 8. The maximum atomic E-state index is 13.4. The SMILES string of the molecule is CCOC(=O)C1=C(OCCN2C(=O)c3ccccc3C2=O)N(C)C(C)=C(C(=O)OC)[C@H]1c1ccccc1Cl. The number of methoxy groups -OCH3 is 1. The summed E-state index contributed by atoms with van der Waals surface area (Å²) in [6, 6.07) is 13.4. The van der Waals surface area contributed by atoms with Gasteiger partial charge in [0.25, 0.3) is 11.8 Å². The first-order valence-electron chi connectivity index (χ1n) is 12.0. The Bertz CT molecular complexity index is 1350. The number of hydrogen-bond donors (Lipinski definition) is 0. The summed E-state index contributed by atoms with van der Waals surface area (Å²) in [6.07, 6.45) is 0. The van der Waals surface area contributed by atoms with Crippen molar-refractivity contribution in [2.75, 3.05) is 33.9 Å². The molecular formula is C28H27ClN2O7. The summed E-state index contributed by atoms with van der Waals surface area (Å²) in [5, 5.41) is 0.337. The minimum Gasteiger partial charge on any atom is -0.477 e. The number of halogens is 1. The van der Waals surface area contributed by atoms with Crippen LogP contribution in [0.1, 0.15) is 46.0 Å². The lowest BCUT2D eigenvalue weighted by Crippen LogP contribution is -2.37. The van der Waals surface area contributed by atoms with Crippen molar-refractivity contribution < 1.29 is 33.4 Å². The fourth-order valence-corrected chi connectivity index (χ4v) is 4.90. The van der Waals surface area contributed by atoms with Gasteiger partial charge in [0.05, 0.1) is 42.9 Å². The lowest BCUT2D eigenvalue weighted by atomic mass is 9.81. The summed E-state index contributed by atoms with van der Waals surface area (Å²) in [6.45, 7) is 3.29. The van der Waals surface area contributed by atoms with Gasteiger partial charge in [-0.15, -0.1) is 0 Å². The quantitative estimate of drug-likeness (QED) is 0.368. The number of fused-ring (bicyclic) bond motifs is 1. The second kappa shape index (κ2) is 11.1. The van der Waals surface area contributed by atoms with Crippen LogP contribution in [-0.2, 0) is 23.8 Å². The van der Waals surface area contributed by atoms with Gasteiger partial charge in [0.2, 0.25) is 5.88 Å². The van der Waals surface area contributed by atoms with Crippen molar-refractivity contribution in [2.24, 2.45) is 0 Å². The Hall–Kier alpha value is -4.11. The number of esters is 2. The Labute approximate surface area is 225 Å². The van der Waals surface area contributed by atoms with Crippen molar-refractivity contribution in [1.82, 2.24) is 9.80 Å². The Morgan fingerprint density at radius 3 is 2.13 bits per heavy atom. The summed E-state index contributed by atoms with van der Waals surface area (Å²) < 4.78 is 16.5. The van der Waals surface area contributed by atoms with E-state index in [4.69, 9.17) is 25.8 Å². The van der Waals surface area contributed by atoms with Gasteiger partial charge < -0.3 is 19.1 Å². The van der Waals surface area contributed by atoms with Gasteiger partial charge in [-0.05, 0) is 37.6 Å². The third-order valence-corrected chi connectivity index (χ3v) is 6.90. The van der Waals surface area contributed by atoms with Crippen LogP contribution in [0.15, 0.2) is 71.3 Å². The lowest BCUT2D eigenvalue weighted by Gasteiger charge is -2.36. The average molecular weight is 539 g/mol. The van der Waals surface area contributed by atoms with Gasteiger partial charge in [0.15, 0.2) is 0 Å². The lowest BCUT2D eigenvalue weighted by molar-refractivity contribution is -0.139. The van der Waals surface area contributed by atoms with Crippen LogP contribution in [0.2, 0.25) is 5.02 Å². The zero-order chi connectivity index (χ0) is 27.6. The third-order valence-electron chi connectivity index (χ3n) is 6.55. The van der Waals surface area contributed by atoms with Gasteiger partial charge in [0.1, 0.15) is 12.2 Å². The molecule has 2 aliphatic heterocycles. The van der Waals surface area contributed by atoms with Crippen molar-refractivity contribution in [3.8, 4) is 0 Å². The molecule has 0 fully saturated rings. The smallest absolute Gasteiger partial charge is 0.340 e. The van der Waals surface area contributed by atoms with Crippen molar-refractivity contribution in [3.63, 3.8) is 0 Å². The average Bonchev–Trinajstić information content (AvgIpc) is 3.15. The van der Waals surface area contributed by atoms with E-state index in [1.807, 2.05) is 0 Å². The molecule has 0 saturated heterocycles. The van der Waals surface area contributed by atoms with Gasteiger partial charge in [-0.1, -0.05) is 41.9 Å². The number of benzene rings is 2. The van der Waals surface area contributed by atoms with Crippen LogP contribution in [0.5, 0.6) is 0 Å². The number of carbonyl (C=O) groups excluding carboxylic acids is 4. The molecule has 2 amide bonds. The van der Waals surface area contributed by atoms with Crippen LogP contribution in [0.3, 0.4) is 0 Å². The standard InChI is InChI=1S/C28H27ClN2O7/c1-5-37-28(35)23-22(19-12-8-9-13-20(19)29)21(27(34)36-4)16(2)30(3)26(23)38-15-14-31-24(32)17-10-6-7-11-18(17)25(31)33/h6-13,22H,5,14-15H2,1-4H3/t22-/m1/s1. The molecule has 38 heavy (non-hydrogen) atoms. The molecule has 10 heteroatoms. The minimum atomic E-state index is -0.944. The molecule has 0 spiro atoms. The second-order valence-electron chi connectivity index (χ2n) is 8.60. The minimum absolute atomic E-state index is 0.0517. The van der Waals surface area contributed by atoms with Crippen LogP contribution in [0, 0.1) is 0 Å². The van der Waals surface area contributed by atoms with Gasteiger partial charge in [-0.3, -0.25) is 14.5 Å². The molecule has 2 aromatic rings. The van der Waals surface area contributed by atoms with E-state index in [-0.39, 0.29) is 36.8 Å². The summed E-state index contributed by atoms with van der Waals surface area (Å²) in [5.41, 5.74) is 1.89. The number of amides is 2. The van der Waals surface area contributed by atoms with Gasteiger partial charge >= 0.3 is 11.9 Å². The number of imide groups is 1. The van der Waals surface area contributed by atoms with Crippen LogP contribution < -0.4 is 0 Å². The zero-order valence-corrected chi connectivity index (χ0v) is 22.2.